The molecule has 0 saturated heterocycles. The molecule has 1 aromatic heterocycles. The number of nitrogens with zero attached hydrogens (tertiary/aromatic N) is 1. The van der Waals surface area contributed by atoms with Gasteiger partial charge in [-0.25, -0.2) is 14.6 Å². The quantitative estimate of drug-likeness (QED) is 0.817. The number of hydrogen-bond donors (Lipinski definition) is 1. The second kappa shape index (κ2) is 8.10. The largest absolute Gasteiger partial charge is 0.462 e. The van der Waals surface area contributed by atoms with E-state index in [1.54, 1.807) is 63.4 Å². The van der Waals surface area contributed by atoms with E-state index in [2.05, 4.69) is 10.3 Å². The van der Waals surface area contributed by atoms with Crippen LogP contribution in [0.4, 0.5) is 11.5 Å². The van der Waals surface area contributed by atoms with Gasteiger partial charge in [-0.2, -0.15) is 0 Å². The highest BCUT2D eigenvalue weighted by molar-refractivity contribution is 5.96. The van der Waals surface area contributed by atoms with Gasteiger partial charge in [-0.3, -0.25) is 0 Å². The predicted octanol–water partition coefficient (Wildman–Crippen LogP) is 3.57. The molecule has 6 nitrogen and oxygen atoms in total. The number of ether oxygens (including phenoxy) is 2. The highest BCUT2D eigenvalue weighted by atomic mass is 16.5. The van der Waals surface area contributed by atoms with Crippen LogP contribution in [-0.4, -0.2) is 29.6 Å². The van der Waals surface area contributed by atoms with Gasteiger partial charge in [0, 0.05) is 11.9 Å². The summed E-state index contributed by atoms with van der Waals surface area (Å²) in [5.74, 6) is -0.492. The second-order valence-electron chi connectivity index (χ2n) is 5.28. The molecule has 0 unspecified atom stereocenters. The number of nitrogens with one attached hydrogen (secondary N) is 1. The first-order chi connectivity index (χ1) is 11.5. The summed E-state index contributed by atoms with van der Waals surface area (Å²) in [7, 11) is 0. The van der Waals surface area contributed by atoms with Crippen LogP contribution in [-0.2, 0) is 9.47 Å². The molecule has 1 N–H and O–H groups in total. The molecule has 1 heterocycles. The lowest BCUT2D eigenvalue weighted by Gasteiger charge is -2.12. The first kappa shape index (κ1) is 17.5. The Kier molecular flexibility index (Phi) is 5.89. The van der Waals surface area contributed by atoms with Gasteiger partial charge in [0.1, 0.15) is 11.4 Å². The molecule has 0 radical (unpaired) electrons. The number of carbonyl (C=O) groups excluding carboxylic acids is 2. The minimum atomic E-state index is -0.455. The molecule has 0 amide bonds. The summed E-state index contributed by atoms with van der Waals surface area (Å²) in [6.07, 6.45) is 1.38. The summed E-state index contributed by atoms with van der Waals surface area (Å²) >= 11 is 0. The van der Waals surface area contributed by atoms with Crippen LogP contribution in [0.5, 0.6) is 0 Å². The molecular weight excluding hydrogens is 308 g/mol. The van der Waals surface area contributed by atoms with Crippen molar-refractivity contribution in [2.24, 2.45) is 0 Å². The smallest absolute Gasteiger partial charge is 0.341 e. The van der Waals surface area contributed by atoms with Crippen LogP contribution in [0, 0.1) is 0 Å². The van der Waals surface area contributed by atoms with E-state index >= 15 is 0 Å². The molecule has 0 aliphatic rings. The molecule has 0 aliphatic carbocycles. The Bertz CT molecular complexity index is 728. The van der Waals surface area contributed by atoms with Crippen molar-refractivity contribution in [3.05, 3.63) is 53.7 Å². The van der Waals surface area contributed by atoms with Crippen LogP contribution in [0.25, 0.3) is 0 Å². The lowest BCUT2D eigenvalue weighted by atomic mass is 10.2. The maximum Gasteiger partial charge on any atom is 0.341 e. The van der Waals surface area contributed by atoms with Crippen molar-refractivity contribution in [1.82, 2.24) is 4.98 Å². The highest BCUT2D eigenvalue weighted by Gasteiger charge is 2.14. The summed E-state index contributed by atoms with van der Waals surface area (Å²) in [5, 5.41) is 3.04. The zero-order chi connectivity index (χ0) is 17.5. The summed E-state index contributed by atoms with van der Waals surface area (Å²) in [6.45, 7) is 5.61. The van der Waals surface area contributed by atoms with Crippen molar-refractivity contribution in [2.45, 2.75) is 26.9 Å². The van der Waals surface area contributed by atoms with Crippen molar-refractivity contribution in [3.8, 4) is 0 Å². The molecule has 24 heavy (non-hydrogen) atoms. The zero-order valence-corrected chi connectivity index (χ0v) is 13.9. The minimum absolute atomic E-state index is 0.194. The molecule has 6 heteroatoms. The molecule has 0 atom stereocenters. The van der Waals surface area contributed by atoms with Crippen molar-refractivity contribution in [3.63, 3.8) is 0 Å². The molecule has 0 bridgehead atoms. The third kappa shape index (κ3) is 4.55. The number of benzene rings is 1. The molecule has 0 aliphatic heterocycles. The van der Waals surface area contributed by atoms with Crippen molar-refractivity contribution in [2.75, 3.05) is 11.9 Å². The van der Waals surface area contributed by atoms with Crippen LogP contribution in [0.1, 0.15) is 41.5 Å². The third-order valence-corrected chi connectivity index (χ3v) is 3.01. The van der Waals surface area contributed by atoms with E-state index in [9.17, 15) is 9.59 Å². The maximum absolute atomic E-state index is 12.0. The fraction of sp³-hybridized carbons (Fsp3) is 0.278. The third-order valence-electron chi connectivity index (χ3n) is 3.01. The van der Waals surface area contributed by atoms with Gasteiger partial charge in [-0.1, -0.05) is 6.07 Å². The molecule has 2 rings (SSSR count). The number of hydrogen-bond acceptors (Lipinski definition) is 6. The Hall–Kier alpha value is -2.89. The van der Waals surface area contributed by atoms with Gasteiger partial charge in [0.05, 0.1) is 18.3 Å². The van der Waals surface area contributed by atoms with Gasteiger partial charge >= 0.3 is 11.9 Å². The minimum Gasteiger partial charge on any atom is -0.462 e. The number of carbonyl (C=O) groups is 2. The number of aromatic nitrogens is 1. The van der Waals surface area contributed by atoms with Gasteiger partial charge in [0.25, 0.3) is 0 Å². The van der Waals surface area contributed by atoms with Crippen LogP contribution < -0.4 is 5.32 Å². The first-order valence-electron chi connectivity index (χ1n) is 7.71. The summed E-state index contributed by atoms with van der Waals surface area (Å²) in [6, 6.07) is 10.1. The van der Waals surface area contributed by atoms with Gasteiger partial charge in [0.15, 0.2) is 0 Å². The molecular formula is C18H20N2O4. The van der Waals surface area contributed by atoms with Crippen molar-refractivity contribution >= 4 is 23.4 Å². The number of rotatable bonds is 6. The highest BCUT2D eigenvalue weighted by Crippen LogP contribution is 2.20. The van der Waals surface area contributed by atoms with Crippen LogP contribution in [0.2, 0.25) is 0 Å². The lowest BCUT2D eigenvalue weighted by Crippen LogP contribution is -2.12. The van der Waals surface area contributed by atoms with Crippen LogP contribution >= 0.6 is 0 Å². The van der Waals surface area contributed by atoms with Gasteiger partial charge in [-0.15, -0.1) is 0 Å². The van der Waals surface area contributed by atoms with E-state index in [1.807, 2.05) is 0 Å². The Morgan fingerprint density at radius 2 is 1.96 bits per heavy atom. The van der Waals surface area contributed by atoms with Crippen LogP contribution in [0.15, 0.2) is 42.6 Å². The van der Waals surface area contributed by atoms with Gasteiger partial charge < -0.3 is 14.8 Å². The average molecular weight is 328 g/mol. The Balaban J connectivity index is 2.23. The monoisotopic (exact) mass is 328 g/mol. The topological polar surface area (TPSA) is 77.5 Å². The number of pyridine rings is 1. The summed E-state index contributed by atoms with van der Waals surface area (Å²) < 4.78 is 10.2. The Morgan fingerprint density at radius 1 is 1.17 bits per heavy atom. The molecule has 126 valence electrons. The second-order valence-corrected chi connectivity index (χ2v) is 5.28. The molecule has 0 saturated carbocycles. The van der Waals surface area contributed by atoms with E-state index in [-0.39, 0.29) is 12.7 Å². The van der Waals surface area contributed by atoms with E-state index in [4.69, 9.17) is 9.47 Å². The number of esters is 2. The molecule has 0 fully saturated rings. The average Bonchev–Trinajstić information content (AvgIpc) is 2.55. The molecule has 1 aromatic carbocycles. The first-order valence-corrected chi connectivity index (χ1v) is 7.71. The van der Waals surface area contributed by atoms with Gasteiger partial charge in [-0.05, 0) is 51.1 Å². The lowest BCUT2D eigenvalue weighted by molar-refractivity contribution is 0.0377. The number of anilines is 2. The fourth-order valence-corrected chi connectivity index (χ4v) is 2.02. The van der Waals surface area contributed by atoms with Gasteiger partial charge in [0.2, 0.25) is 0 Å². The fourth-order valence-electron chi connectivity index (χ4n) is 2.02. The standard InChI is InChI=1S/C18H20N2O4/c1-4-23-18(22)15-9-6-10-19-16(15)20-14-8-5-7-13(11-14)17(21)24-12(2)3/h5-12H,4H2,1-3H3,(H,19,20). The van der Waals surface area contributed by atoms with E-state index in [0.29, 0.717) is 22.6 Å². The maximum atomic E-state index is 12.0. The molecule has 2 aromatic rings. The van der Waals surface area contributed by atoms with Crippen molar-refractivity contribution in [1.29, 1.82) is 0 Å². The summed E-state index contributed by atoms with van der Waals surface area (Å²) in [4.78, 5) is 28.1. The summed E-state index contributed by atoms with van der Waals surface area (Å²) in [5.41, 5.74) is 1.37. The molecule has 0 spiro atoms. The van der Waals surface area contributed by atoms with Crippen molar-refractivity contribution < 1.29 is 19.1 Å². The Morgan fingerprint density at radius 3 is 2.67 bits per heavy atom. The zero-order valence-electron chi connectivity index (χ0n) is 13.9. The SMILES string of the molecule is CCOC(=O)c1cccnc1Nc1cccc(C(=O)OC(C)C)c1. The van der Waals surface area contributed by atoms with E-state index in [1.165, 1.54) is 0 Å². The van der Waals surface area contributed by atoms with E-state index < -0.39 is 11.9 Å². The predicted molar refractivity (Wildman–Crippen MR) is 90.5 cm³/mol. The Labute approximate surface area is 140 Å². The van der Waals surface area contributed by atoms with Crippen LogP contribution in [0.3, 0.4) is 0 Å². The van der Waals surface area contributed by atoms with E-state index in [0.717, 1.165) is 0 Å². The normalized spacial score (nSPS) is 10.3.